The molecule has 0 unspecified atom stereocenters. The molecule has 2 nitrogen and oxygen atoms in total. The summed E-state index contributed by atoms with van der Waals surface area (Å²) < 4.78 is 0. The van der Waals surface area contributed by atoms with E-state index in [1.54, 1.807) is 17.1 Å². The first-order chi connectivity index (χ1) is 4.89. The summed E-state index contributed by atoms with van der Waals surface area (Å²) in [5, 5.41) is 0. The monoisotopic (exact) mass is 155 g/mol. The Labute approximate surface area is 68.9 Å². The molecule has 0 bridgehead atoms. The predicted octanol–water partition coefficient (Wildman–Crippen LogP) is 1.82. The second-order valence-corrected chi connectivity index (χ2v) is 3.57. The fourth-order valence-corrected chi connectivity index (χ4v) is 0.585. The molecule has 11 heavy (non-hydrogen) atoms. The molecular weight excluding hydrogens is 138 g/mol. The van der Waals surface area contributed by atoms with Gasteiger partial charge in [-0.15, -0.1) is 0 Å². The van der Waals surface area contributed by atoms with E-state index in [-0.39, 0.29) is 11.4 Å². The van der Waals surface area contributed by atoms with Crippen LogP contribution in [0.5, 0.6) is 0 Å². The highest BCUT2D eigenvalue weighted by molar-refractivity contribution is 5.87. The number of carbonyl (C=O) groups is 1. The van der Waals surface area contributed by atoms with Crippen molar-refractivity contribution in [1.82, 2.24) is 4.90 Å². The Kier molecular flexibility index (Phi) is 3.30. The maximum atomic E-state index is 11.2. The minimum atomic E-state index is -0.0867. The van der Waals surface area contributed by atoms with Crippen LogP contribution in [-0.2, 0) is 4.79 Å². The quantitative estimate of drug-likeness (QED) is 0.529. The first kappa shape index (κ1) is 10.2. The molecule has 0 aliphatic heterocycles. The Morgan fingerprint density at radius 1 is 1.36 bits per heavy atom. The third-order valence-corrected chi connectivity index (χ3v) is 1.65. The van der Waals surface area contributed by atoms with Crippen molar-refractivity contribution in [3.05, 3.63) is 12.2 Å². The van der Waals surface area contributed by atoms with Gasteiger partial charge in [0, 0.05) is 12.6 Å². The van der Waals surface area contributed by atoms with Gasteiger partial charge in [-0.05, 0) is 33.8 Å². The van der Waals surface area contributed by atoms with Gasteiger partial charge in [0.05, 0.1) is 0 Å². The molecule has 0 heterocycles. The van der Waals surface area contributed by atoms with Crippen LogP contribution < -0.4 is 0 Å². The van der Waals surface area contributed by atoms with Crippen LogP contribution in [0, 0.1) is 0 Å². The fourth-order valence-electron chi connectivity index (χ4n) is 0.585. The molecule has 0 atom stereocenters. The number of carbonyl (C=O) groups excluding carboxylic acids is 1. The van der Waals surface area contributed by atoms with E-state index in [4.69, 9.17) is 0 Å². The van der Waals surface area contributed by atoms with E-state index in [9.17, 15) is 4.79 Å². The Balaban J connectivity index is 4.26. The van der Waals surface area contributed by atoms with Gasteiger partial charge in [0.2, 0.25) is 5.91 Å². The number of hydrogen-bond donors (Lipinski definition) is 0. The van der Waals surface area contributed by atoms with Crippen molar-refractivity contribution < 1.29 is 4.79 Å². The summed E-state index contributed by atoms with van der Waals surface area (Å²) >= 11 is 0. The van der Waals surface area contributed by atoms with E-state index in [1.807, 2.05) is 34.7 Å². The molecule has 0 aromatic rings. The topological polar surface area (TPSA) is 20.3 Å². The number of hydrogen-bond acceptors (Lipinski definition) is 1. The Bertz CT molecular complexity index is 165. The molecule has 0 aromatic heterocycles. The maximum absolute atomic E-state index is 11.2. The third kappa shape index (κ3) is 3.21. The second-order valence-electron chi connectivity index (χ2n) is 3.57. The molecule has 0 aliphatic rings. The molecule has 0 N–H and O–H groups in total. The van der Waals surface area contributed by atoms with E-state index in [1.165, 1.54) is 0 Å². The van der Waals surface area contributed by atoms with E-state index in [2.05, 4.69) is 0 Å². The number of allylic oxidation sites excluding steroid dienone is 1. The largest absolute Gasteiger partial charge is 0.337 e. The molecule has 1 amide bonds. The van der Waals surface area contributed by atoms with Gasteiger partial charge in [-0.2, -0.15) is 0 Å². The lowest BCUT2D eigenvalue weighted by Crippen LogP contribution is -2.41. The van der Waals surface area contributed by atoms with Gasteiger partial charge in [-0.3, -0.25) is 4.79 Å². The molecule has 0 radical (unpaired) electrons. The molecule has 0 aromatic carbocycles. The van der Waals surface area contributed by atoms with Crippen LogP contribution in [0.25, 0.3) is 0 Å². The third-order valence-electron chi connectivity index (χ3n) is 1.65. The average molecular weight is 155 g/mol. The standard InChI is InChI=1S/C9H17NO/c1-6-7-8(11)10(5)9(2,3)4/h6-7H,1-5H3. The van der Waals surface area contributed by atoms with Crippen molar-refractivity contribution in [1.29, 1.82) is 0 Å². The lowest BCUT2D eigenvalue weighted by atomic mass is 10.1. The highest BCUT2D eigenvalue weighted by atomic mass is 16.2. The zero-order chi connectivity index (χ0) is 9.07. The minimum Gasteiger partial charge on any atom is -0.337 e. The van der Waals surface area contributed by atoms with Gasteiger partial charge in [0.15, 0.2) is 0 Å². The highest BCUT2D eigenvalue weighted by Gasteiger charge is 2.19. The Morgan fingerprint density at radius 2 is 1.82 bits per heavy atom. The number of nitrogens with zero attached hydrogens (tertiary/aromatic N) is 1. The first-order valence-corrected chi connectivity index (χ1v) is 3.80. The second kappa shape index (κ2) is 3.56. The molecule has 0 fully saturated rings. The van der Waals surface area contributed by atoms with Crippen LogP contribution >= 0.6 is 0 Å². The molecular formula is C9H17NO. The molecule has 0 spiro atoms. The smallest absolute Gasteiger partial charge is 0.246 e. The maximum Gasteiger partial charge on any atom is 0.246 e. The van der Waals surface area contributed by atoms with Crippen LogP contribution in [0.3, 0.4) is 0 Å². The van der Waals surface area contributed by atoms with Gasteiger partial charge >= 0.3 is 0 Å². The van der Waals surface area contributed by atoms with Gasteiger partial charge in [0.25, 0.3) is 0 Å². The molecule has 64 valence electrons. The lowest BCUT2D eigenvalue weighted by molar-refractivity contribution is -0.128. The van der Waals surface area contributed by atoms with Gasteiger partial charge < -0.3 is 4.90 Å². The van der Waals surface area contributed by atoms with Crippen molar-refractivity contribution in [2.24, 2.45) is 0 Å². The van der Waals surface area contributed by atoms with Crippen LogP contribution in [0.2, 0.25) is 0 Å². The summed E-state index contributed by atoms with van der Waals surface area (Å²) in [6, 6.07) is 0. The average Bonchev–Trinajstić information content (AvgIpc) is 1.85. The normalized spacial score (nSPS) is 12.1. The number of likely N-dealkylation sites (N-methyl/N-ethyl adjacent to an activating group) is 1. The van der Waals surface area contributed by atoms with E-state index >= 15 is 0 Å². The summed E-state index contributed by atoms with van der Waals surface area (Å²) in [7, 11) is 1.81. The number of rotatable bonds is 1. The van der Waals surface area contributed by atoms with Crippen LogP contribution in [0.4, 0.5) is 0 Å². The van der Waals surface area contributed by atoms with E-state index < -0.39 is 0 Å². The lowest BCUT2D eigenvalue weighted by Gasteiger charge is -2.30. The van der Waals surface area contributed by atoms with Crippen LogP contribution in [-0.4, -0.2) is 23.4 Å². The summed E-state index contributed by atoms with van der Waals surface area (Å²) in [4.78, 5) is 12.9. The minimum absolute atomic E-state index is 0.0556. The van der Waals surface area contributed by atoms with Crippen molar-refractivity contribution in [2.75, 3.05) is 7.05 Å². The summed E-state index contributed by atoms with van der Waals surface area (Å²) in [5.74, 6) is 0.0556. The molecule has 0 saturated carbocycles. The molecule has 0 aliphatic carbocycles. The van der Waals surface area contributed by atoms with Crippen molar-refractivity contribution in [3.8, 4) is 0 Å². The predicted molar refractivity (Wildman–Crippen MR) is 47.3 cm³/mol. The zero-order valence-electron chi connectivity index (χ0n) is 8.01. The van der Waals surface area contributed by atoms with Gasteiger partial charge in [0.1, 0.15) is 0 Å². The first-order valence-electron chi connectivity index (χ1n) is 3.80. The Morgan fingerprint density at radius 3 is 2.09 bits per heavy atom. The Hall–Kier alpha value is -0.790. The van der Waals surface area contributed by atoms with Crippen LogP contribution in [0.15, 0.2) is 12.2 Å². The zero-order valence-corrected chi connectivity index (χ0v) is 8.01. The highest BCUT2D eigenvalue weighted by Crippen LogP contribution is 2.10. The van der Waals surface area contributed by atoms with Crippen molar-refractivity contribution >= 4 is 5.91 Å². The van der Waals surface area contributed by atoms with Gasteiger partial charge in [-0.1, -0.05) is 6.08 Å². The van der Waals surface area contributed by atoms with Crippen molar-refractivity contribution in [2.45, 2.75) is 33.2 Å². The van der Waals surface area contributed by atoms with E-state index in [0.29, 0.717) is 0 Å². The summed E-state index contributed by atoms with van der Waals surface area (Å²) in [6.07, 6.45) is 3.33. The summed E-state index contributed by atoms with van der Waals surface area (Å²) in [5.41, 5.74) is -0.0867. The van der Waals surface area contributed by atoms with Crippen LogP contribution in [0.1, 0.15) is 27.7 Å². The SMILES string of the molecule is CC=CC(=O)N(C)C(C)(C)C. The van der Waals surface area contributed by atoms with E-state index in [0.717, 1.165) is 0 Å². The summed E-state index contributed by atoms with van der Waals surface area (Å²) in [6.45, 7) is 7.87. The number of amides is 1. The van der Waals surface area contributed by atoms with Gasteiger partial charge in [-0.25, -0.2) is 0 Å². The fraction of sp³-hybridized carbons (Fsp3) is 0.667. The molecule has 2 heteroatoms. The molecule has 0 rings (SSSR count). The molecule has 0 saturated heterocycles. The van der Waals surface area contributed by atoms with Crippen molar-refractivity contribution in [3.63, 3.8) is 0 Å².